The summed E-state index contributed by atoms with van der Waals surface area (Å²) in [6, 6.07) is 0. The van der Waals surface area contributed by atoms with Crippen molar-refractivity contribution in [3.8, 4) is 0 Å². The molecule has 0 aromatic heterocycles. The Bertz CT molecular complexity index is 981. The molecule has 10 atom stereocenters. The van der Waals surface area contributed by atoms with E-state index in [0.717, 1.165) is 0 Å². The Kier molecular flexibility index (Phi) is 9.46. The molecule has 0 aliphatic carbocycles. The number of aliphatic hydroxyl groups excluding tert-OH is 4. The standard InChI is InChI=1S/C17H28N2O14P2S/c1-7-4-19(8(2)18-16(7)24)12-3-9(21)11(30-12)6-29-34(25,26)33-35(27,28)32-17-14(23)13(22)15(36)10(5-20)31-17/h4,9-15,17,20-23,36H,2-3,5-6H2,1H3,(H,18,24)(H,25,26)(H,27,28)/p-1/t9?,10?,11-,12-,13-,14?,15+,17+/m1/s1. The first-order valence-electron chi connectivity index (χ1n) is 10.4. The van der Waals surface area contributed by atoms with Gasteiger partial charge in [-0.25, -0.2) is 8.88 Å². The Morgan fingerprint density at radius 1 is 1.28 bits per heavy atom. The van der Waals surface area contributed by atoms with Gasteiger partial charge in [0.15, 0.2) is 6.29 Å². The number of phosphoric acid groups is 2. The number of nitrogens with zero attached hydrogens (tertiary/aromatic N) is 1. The number of carbonyl (C=O) groups excluding carboxylic acids is 1. The van der Waals surface area contributed by atoms with Crippen molar-refractivity contribution in [2.45, 2.75) is 61.6 Å². The molecule has 1 amide bonds. The van der Waals surface area contributed by atoms with Crippen LogP contribution in [0.4, 0.5) is 0 Å². The molecule has 206 valence electrons. The average Bonchev–Trinajstić information content (AvgIpc) is 3.14. The van der Waals surface area contributed by atoms with Gasteiger partial charge < -0.3 is 49.9 Å². The maximum atomic E-state index is 12.2. The van der Waals surface area contributed by atoms with E-state index in [1.165, 1.54) is 11.1 Å². The van der Waals surface area contributed by atoms with Crippen LogP contribution in [0.15, 0.2) is 24.2 Å². The molecular formula is C17H27N2O14P2S-. The quantitative estimate of drug-likeness (QED) is 0.112. The minimum absolute atomic E-state index is 0.0101. The number of phosphoric ester groups is 2. The van der Waals surface area contributed by atoms with Crippen molar-refractivity contribution in [3.05, 3.63) is 24.2 Å². The third-order valence-corrected chi connectivity index (χ3v) is 8.67. The Balaban J connectivity index is 1.56. The lowest BCUT2D eigenvalue weighted by molar-refractivity contribution is -0.279. The highest BCUT2D eigenvalue weighted by Gasteiger charge is 2.46. The third kappa shape index (κ3) is 6.95. The largest absolute Gasteiger partial charge is 0.756 e. The van der Waals surface area contributed by atoms with E-state index in [2.05, 4.69) is 37.9 Å². The molecule has 3 rings (SSSR count). The molecule has 3 heterocycles. The molecule has 2 saturated heterocycles. The van der Waals surface area contributed by atoms with E-state index in [1.54, 1.807) is 6.92 Å². The van der Waals surface area contributed by atoms with Gasteiger partial charge in [-0.3, -0.25) is 18.4 Å². The van der Waals surface area contributed by atoms with E-state index >= 15 is 0 Å². The highest BCUT2D eigenvalue weighted by atomic mass is 32.1. The van der Waals surface area contributed by atoms with Crippen LogP contribution in [0, 0.1) is 0 Å². The second-order valence-electron chi connectivity index (χ2n) is 8.15. The van der Waals surface area contributed by atoms with Gasteiger partial charge in [0.05, 0.1) is 36.8 Å². The molecule has 0 aromatic carbocycles. The summed E-state index contributed by atoms with van der Waals surface area (Å²) in [6.45, 7) is 3.74. The van der Waals surface area contributed by atoms with Gasteiger partial charge in [0.1, 0.15) is 24.3 Å². The molecule has 0 spiro atoms. The number of aliphatic hydroxyl groups is 4. The zero-order valence-electron chi connectivity index (χ0n) is 18.7. The zero-order valence-corrected chi connectivity index (χ0v) is 21.4. The fourth-order valence-corrected chi connectivity index (χ4v) is 6.01. The Labute approximate surface area is 210 Å². The van der Waals surface area contributed by atoms with Gasteiger partial charge in [-0.1, -0.05) is 6.58 Å². The van der Waals surface area contributed by atoms with E-state index in [9.17, 15) is 44.1 Å². The van der Waals surface area contributed by atoms with Gasteiger partial charge in [-0.2, -0.15) is 12.6 Å². The number of hydrogen-bond acceptors (Lipinski definition) is 15. The molecule has 19 heteroatoms. The monoisotopic (exact) mass is 577 g/mol. The van der Waals surface area contributed by atoms with Crippen molar-refractivity contribution >= 4 is 34.2 Å². The number of ether oxygens (including phenoxy) is 2. The Hall–Kier alpha value is -0.880. The van der Waals surface area contributed by atoms with Crippen LogP contribution in [0.2, 0.25) is 0 Å². The van der Waals surface area contributed by atoms with Crippen LogP contribution < -0.4 is 10.2 Å². The van der Waals surface area contributed by atoms with Crippen LogP contribution in [0.25, 0.3) is 0 Å². The lowest BCUT2D eigenvalue weighted by atomic mass is 10.0. The normalized spacial score (nSPS) is 38.8. The Morgan fingerprint density at radius 3 is 2.58 bits per heavy atom. The van der Waals surface area contributed by atoms with Crippen LogP contribution in [0.1, 0.15) is 13.3 Å². The molecule has 2 fully saturated rings. The number of rotatable bonds is 9. The van der Waals surface area contributed by atoms with E-state index < -0.39 is 77.1 Å². The van der Waals surface area contributed by atoms with Gasteiger partial charge >= 0.3 is 7.82 Å². The molecule has 16 nitrogen and oxygen atoms in total. The summed E-state index contributed by atoms with van der Waals surface area (Å²) in [5, 5.41) is 40.8. The van der Waals surface area contributed by atoms with Crippen LogP contribution in [0.3, 0.4) is 0 Å². The summed E-state index contributed by atoms with van der Waals surface area (Å²) in [7, 11) is -11.1. The summed E-state index contributed by atoms with van der Waals surface area (Å²) in [6.07, 6.45) is -8.72. The van der Waals surface area contributed by atoms with Crippen LogP contribution in [0.5, 0.6) is 0 Å². The van der Waals surface area contributed by atoms with Crippen LogP contribution in [-0.4, -0.2) is 97.6 Å². The molecule has 36 heavy (non-hydrogen) atoms. The lowest BCUT2D eigenvalue weighted by Crippen LogP contribution is -2.57. The van der Waals surface area contributed by atoms with Gasteiger partial charge in [0.25, 0.3) is 13.7 Å². The second kappa shape index (κ2) is 11.5. The molecule has 3 aliphatic heterocycles. The molecule has 6 N–H and O–H groups in total. The highest BCUT2D eigenvalue weighted by Crippen LogP contribution is 2.59. The molecular weight excluding hydrogens is 550 g/mol. The van der Waals surface area contributed by atoms with E-state index in [1.807, 2.05) is 0 Å². The molecule has 0 saturated carbocycles. The maximum Gasteiger partial charge on any atom is 0.478 e. The summed E-state index contributed by atoms with van der Waals surface area (Å²) in [5.41, 5.74) is 0.342. The summed E-state index contributed by atoms with van der Waals surface area (Å²) < 4.78 is 48.1. The predicted octanol–water partition coefficient (Wildman–Crippen LogP) is -2.37. The topological polar surface area (TPSA) is 237 Å². The lowest BCUT2D eigenvalue weighted by Gasteiger charge is -2.41. The number of amides is 1. The van der Waals surface area contributed by atoms with Crippen LogP contribution >= 0.6 is 28.3 Å². The Morgan fingerprint density at radius 2 is 1.94 bits per heavy atom. The number of carbonyl (C=O) groups is 1. The molecule has 0 aromatic rings. The van der Waals surface area contributed by atoms with Gasteiger partial charge in [-0.05, 0) is 6.92 Å². The minimum Gasteiger partial charge on any atom is -0.756 e. The highest BCUT2D eigenvalue weighted by molar-refractivity contribution is 7.81. The zero-order chi connectivity index (χ0) is 27.0. The number of nitrogens with one attached hydrogen (secondary N) is 1. The van der Waals surface area contributed by atoms with Crippen LogP contribution in [-0.2, 0) is 36.8 Å². The van der Waals surface area contributed by atoms with Crippen molar-refractivity contribution < 1.29 is 67.0 Å². The summed E-state index contributed by atoms with van der Waals surface area (Å²) >= 11 is 3.95. The minimum atomic E-state index is -5.70. The van der Waals surface area contributed by atoms with Gasteiger partial charge in [0, 0.05) is 18.2 Å². The number of thiol groups is 1. The van der Waals surface area contributed by atoms with E-state index in [4.69, 9.17) is 9.47 Å². The molecule has 0 radical (unpaired) electrons. The maximum absolute atomic E-state index is 12.2. The molecule has 0 bridgehead atoms. The van der Waals surface area contributed by atoms with Crippen molar-refractivity contribution in [2.24, 2.45) is 0 Å². The van der Waals surface area contributed by atoms with E-state index in [0.29, 0.717) is 5.57 Å². The van der Waals surface area contributed by atoms with Crippen molar-refractivity contribution in [1.29, 1.82) is 0 Å². The average molecular weight is 577 g/mol. The van der Waals surface area contributed by atoms with E-state index in [-0.39, 0.29) is 18.1 Å². The van der Waals surface area contributed by atoms with Crippen molar-refractivity contribution in [3.63, 3.8) is 0 Å². The predicted molar refractivity (Wildman–Crippen MR) is 118 cm³/mol. The molecule has 3 aliphatic rings. The first-order chi connectivity index (χ1) is 16.6. The third-order valence-electron chi connectivity index (χ3n) is 5.46. The van der Waals surface area contributed by atoms with Gasteiger partial charge in [-0.15, -0.1) is 0 Å². The van der Waals surface area contributed by atoms with Gasteiger partial charge in [0.2, 0.25) is 0 Å². The SMILES string of the molecule is C=C1NC(=O)C(C)=CN1[C@H]1CC(O)[C@@H](COP(=O)(O)OP(=O)([O-])O[C@@H]2OC(CO)[C@H](S)[C@H](O)C2O)O1. The smallest absolute Gasteiger partial charge is 0.478 e. The summed E-state index contributed by atoms with van der Waals surface area (Å²) in [4.78, 5) is 35.1. The fraction of sp³-hybridized carbons (Fsp3) is 0.706. The molecule has 5 unspecified atom stereocenters. The second-order valence-corrected chi connectivity index (χ2v) is 11.7. The van der Waals surface area contributed by atoms with Crippen molar-refractivity contribution in [2.75, 3.05) is 13.2 Å². The summed E-state index contributed by atoms with van der Waals surface area (Å²) in [5.74, 6) is -0.190. The first kappa shape index (κ1) is 29.7. The van der Waals surface area contributed by atoms with Crippen molar-refractivity contribution in [1.82, 2.24) is 10.2 Å². The number of hydrogen-bond donors (Lipinski definition) is 7. The first-order valence-corrected chi connectivity index (χ1v) is 13.9. The fourth-order valence-electron chi connectivity index (χ4n) is 3.55.